The summed E-state index contributed by atoms with van der Waals surface area (Å²) in [5.41, 5.74) is 0. The molecule has 2 N–H and O–H groups in total. The van der Waals surface area contributed by atoms with Gasteiger partial charge in [0.15, 0.2) is 0 Å². The molecule has 52 valence electrons. The van der Waals surface area contributed by atoms with E-state index in [0.717, 1.165) is 26.2 Å². The van der Waals surface area contributed by atoms with Crippen molar-refractivity contribution in [2.24, 2.45) is 0 Å². The molecule has 5 heteroatoms. The van der Waals surface area contributed by atoms with Gasteiger partial charge in [-0.05, 0) is 0 Å². The van der Waals surface area contributed by atoms with E-state index in [1.165, 1.54) is 0 Å². The predicted octanol–water partition coefficient (Wildman–Crippen LogP) is -1.06. The Morgan fingerprint density at radius 3 is 1.22 bits per heavy atom. The minimum absolute atomic E-state index is 1.14. The van der Waals surface area contributed by atoms with Crippen LogP contribution in [0.5, 0.6) is 0 Å². The molecule has 4 nitrogen and oxygen atoms in total. The third-order valence-electron chi connectivity index (χ3n) is 0.957. The molecule has 0 aromatic carbocycles. The molecular formula is C4H10N2O2Ti. The second kappa shape index (κ2) is 8.23. The van der Waals surface area contributed by atoms with Crippen LogP contribution < -0.4 is 10.6 Å². The van der Waals surface area contributed by atoms with Crippen molar-refractivity contribution in [3.05, 3.63) is 0 Å². The van der Waals surface area contributed by atoms with Crippen LogP contribution in [0.1, 0.15) is 0 Å². The van der Waals surface area contributed by atoms with Gasteiger partial charge in [0, 0.05) is 26.2 Å². The molecule has 1 fully saturated rings. The number of piperazine rings is 1. The van der Waals surface area contributed by atoms with Crippen LogP contribution in [0.4, 0.5) is 0 Å². The van der Waals surface area contributed by atoms with E-state index in [1.807, 2.05) is 0 Å². The van der Waals surface area contributed by atoms with Gasteiger partial charge in [-0.25, -0.2) is 0 Å². The summed E-state index contributed by atoms with van der Waals surface area (Å²) in [6, 6.07) is 0. The van der Waals surface area contributed by atoms with Crippen molar-refractivity contribution in [3.8, 4) is 0 Å². The summed E-state index contributed by atoms with van der Waals surface area (Å²) in [6.45, 7) is 4.56. The van der Waals surface area contributed by atoms with Crippen LogP contribution in [0.15, 0.2) is 0 Å². The Balaban J connectivity index is 0.000000187. The number of hydrogen-bond donors (Lipinski definition) is 2. The van der Waals surface area contributed by atoms with Gasteiger partial charge in [-0.15, -0.1) is 0 Å². The standard InChI is InChI=1S/C4H10N2.2O.Ti/c1-2-6-4-3-5-1;;;/h5-6H,1-4H2;;;. The molecule has 0 bridgehead atoms. The second-order valence-corrected chi connectivity index (χ2v) is 1.84. The summed E-state index contributed by atoms with van der Waals surface area (Å²) in [7, 11) is 0. The molecule has 0 radical (unpaired) electrons. The fourth-order valence-corrected chi connectivity index (χ4v) is 0.604. The number of nitrogens with one attached hydrogen (secondary N) is 2. The van der Waals surface area contributed by atoms with Crippen molar-refractivity contribution in [2.45, 2.75) is 0 Å². The van der Waals surface area contributed by atoms with Crippen LogP contribution in [0.3, 0.4) is 0 Å². The summed E-state index contributed by atoms with van der Waals surface area (Å²) in [5, 5.41) is 6.44. The Bertz CT molecular complexity index is 77.1. The molecule has 0 saturated carbocycles. The summed E-state index contributed by atoms with van der Waals surface area (Å²) < 4.78 is 17.0. The molecule has 1 aliphatic heterocycles. The second-order valence-electron chi connectivity index (χ2n) is 1.58. The zero-order valence-corrected chi connectivity index (χ0v) is 6.71. The molecule has 0 aromatic heterocycles. The van der Waals surface area contributed by atoms with Crippen LogP contribution in [0.2, 0.25) is 0 Å². The predicted molar refractivity (Wildman–Crippen MR) is 27.1 cm³/mol. The van der Waals surface area contributed by atoms with Gasteiger partial charge in [0.05, 0.1) is 0 Å². The van der Waals surface area contributed by atoms with Crippen molar-refractivity contribution >= 4 is 0 Å². The molecule has 0 aliphatic carbocycles. The van der Waals surface area contributed by atoms with Crippen molar-refractivity contribution in [1.29, 1.82) is 0 Å². The van der Waals surface area contributed by atoms with Crippen molar-refractivity contribution < 1.29 is 25.7 Å². The van der Waals surface area contributed by atoms with Crippen molar-refractivity contribution in [1.82, 2.24) is 10.6 Å². The van der Waals surface area contributed by atoms with Gasteiger partial charge in [0.1, 0.15) is 0 Å². The average molecular weight is 166 g/mol. The first kappa shape index (κ1) is 9.23. The molecule has 1 rings (SSSR count). The molecule has 0 amide bonds. The van der Waals surface area contributed by atoms with E-state index >= 15 is 0 Å². The monoisotopic (exact) mass is 166 g/mol. The topological polar surface area (TPSA) is 58.2 Å². The average Bonchev–Trinajstić information content (AvgIpc) is 1.93. The molecule has 1 aliphatic rings. The zero-order chi connectivity index (χ0) is 6.95. The first-order valence-electron chi connectivity index (χ1n) is 2.82. The third kappa shape index (κ3) is 8.23. The molecule has 0 atom stereocenters. The molecule has 0 aromatic rings. The summed E-state index contributed by atoms with van der Waals surface area (Å²) in [4.78, 5) is 0. The molecule has 0 spiro atoms. The molecular weight excluding hydrogens is 156 g/mol. The Kier molecular flexibility index (Phi) is 8.45. The molecule has 9 heavy (non-hydrogen) atoms. The van der Waals surface area contributed by atoms with Gasteiger partial charge in [-0.1, -0.05) is 0 Å². The Hall–Kier alpha value is 0.234. The summed E-state index contributed by atoms with van der Waals surface area (Å²) in [6.07, 6.45) is 0. The van der Waals surface area contributed by atoms with Crippen molar-refractivity contribution in [3.63, 3.8) is 0 Å². The fraction of sp³-hybridized carbons (Fsp3) is 1.00. The van der Waals surface area contributed by atoms with Crippen LogP contribution in [0, 0.1) is 0 Å². The van der Waals surface area contributed by atoms with E-state index in [1.54, 1.807) is 0 Å². The van der Waals surface area contributed by atoms with E-state index in [2.05, 4.69) is 10.6 Å². The van der Waals surface area contributed by atoms with E-state index < -0.39 is 19.1 Å². The molecule has 0 unspecified atom stereocenters. The van der Waals surface area contributed by atoms with Gasteiger partial charge in [-0.2, -0.15) is 0 Å². The van der Waals surface area contributed by atoms with Gasteiger partial charge >= 0.3 is 25.7 Å². The maximum absolute atomic E-state index is 8.50. The Morgan fingerprint density at radius 2 is 1.11 bits per heavy atom. The summed E-state index contributed by atoms with van der Waals surface area (Å²) >= 11 is -2.00. The van der Waals surface area contributed by atoms with Gasteiger partial charge in [0.25, 0.3) is 0 Å². The normalized spacial score (nSPS) is 16.9. The molecule has 1 saturated heterocycles. The fourth-order valence-electron chi connectivity index (χ4n) is 0.604. The van der Waals surface area contributed by atoms with Crippen LogP contribution in [0.25, 0.3) is 0 Å². The maximum atomic E-state index is 8.50. The summed E-state index contributed by atoms with van der Waals surface area (Å²) in [5.74, 6) is 0. The van der Waals surface area contributed by atoms with Crippen LogP contribution >= 0.6 is 0 Å². The molecule has 1 heterocycles. The van der Waals surface area contributed by atoms with Gasteiger partial charge < -0.3 is 10.6 Å². The van der Waals surface area contributed by atoms with E-state index in [0.29, 0.717) is 0 Å². The van der Waals surface area contributed by atoms with Gasteiger partial charge in [-0.3, -0.25) is 0 Å². The third-order valence-corrected chi connectivity index (χ3v) is 0.957. The van der Waals surface area contributed by atoms with E-state index in [4.69, 9.17) is 6.65 Å². The van der Waals surface area contributed by atoms with Crippen molar-refractivity contribution in [2.75, 3.05) is 26.2 Å². The quantitative estimate of drug-likeness (QED) is 0.450. The van der Waals surface area contributed by atoms with Gasteiger partial charge in [0.2, 0.25) is 0 Å². The zero-order valence-electron chi connectivity index (χ0n) is 5.14. The minimum atomic E-state index is -2.00. The number of rotatable bonds is 0. The SMILES string of the molecule is C1CNCCN1.[O]=[Ti]=[O]. The first-order valence-corrected chi connectivity index (χ1v) is 4.10. The van der Waals surface area contributed by atoms with E-state index in [9.17, 15) is 0 Å². The Morgan fingerprint density at radius 1 is 0.889 bits per heavy atom. The Labute approximate surface area is 63.0 Å². The van der Waals surface area contributed by atoms with Crippen LogP contribution in [-0.2, 0) is 25.7 Å². The first-order chi connectivity index (χ1) is 4.41. The van der Waals surface area contributed by atoms with E-state index in [-0.39, 0.29) is 0 Å². The van der Waals surface area contributed by atoms with Crippen LogP contribution in [-0.4, -0.2) is 26.2 Å². The number of hydrogen-bond acceptors (Lipinski definition) is 4.